The first-order valence-corrected chi connectivity index (χ1v) is 7.30. The highest BCUT2D eigenvalue weighted by molar-refractivity contribution is 7.89. The lowest BCUT2D eigenvalue weighted by Crippen LogP contribution is -2.35. The third-order valence-electron chi connectivity index (χ3n) is 2.34. The van der Waals surface area contributed by atoms with Gasteiger partial charge in [-0.15, -0.1) is 0 Å². The molecule has 0 aliphatic carbocycles. The Hall–Kier alpha value is -0.170. The second-order valence-electron chi connectivity index (χ2n) is 4.15. The highest BCUT2D eigenvalue weighted by Crippen LogP contribution is 1.99. The van der Waals surface area contributed by atoms with E-state index < -0.39 is 10.0 Å². The maximum atomic E-state index is 11.8. The number of rotatable bonds is 9. The number of hydrogen-bond acceptors (Lipinski definition) is 4. The minimum Gasteiger partial charge on any atom is -0.317 e. The Kier molecular flexibility index (Phi) is 7.91. The lowest BCUT2D eigenvalue weighted by atomic mass is 10.5. The summed E-state index contributed by atoms with van der Waals surface area (Å²) in [5, 5.41) is 3.12. The van der Waals surface area contributed by atoms with Crippen molar-refractivity contribution in [3.8, 4) is 0 Å². The van der Waals surface area contributed by atoms with E-state index in [1.807, 2.05) is 25.9 Å². The van der Waals surface area contributed by atoms with E-state index in [4.69, 9.17) is 0 Å². The van der Waals surface area contributed by atoms with Gasteiger partial charge in [-0.3, -0.25) is 0 Å². The van der Waals surface area contributed by atoms with Crippen LogP contribution >= 0.6 is 0 Å². The molecule has 0 spiro atoms. The van der Waals surface area contributed by atoms with E-state index in [0.717, 1.165) is 19.6 Å². The van der Waals surface area contributed by atoms with Crippen molar-refractivity contribution in [1.82, 2.24) is 14.5 Å². The van der Waals surface area contributed by atoms with Crippen molar-refractivity contribution in [3.05, 3.63) is 0 Å². The van der Waals surface area contributed by atoms with E-state index in [0.29, 0.717) is 13.0 Å². The molecule has 0 unspecified atom stereocenters. The molecule has 6 heteroatoms. The van der Waals surface area contributed by atoms with Gasteiger partial charge >= 0.3 is 0 Å². The van der Waals surface area contributed by atoms with Crippen LogP contribution < -0.4 is 5.32 Å². The molecule has 5 nitrogen and oxygen atoms in total. The molecule has 0 aromatic rings. The van der Waals surface area contributed by atoms with E-state index in [1.165, 1.54) is 4.31 Å². The molecule has 0 aliphatic rings. The van der Waals surface area contributed by atoms with Crippen LogP contribution in [0, 0.1) is 0 Å². The quantitative estimate of drug-likeness (QED) is 0.577. The summed E-state index contributed by atoms with van der Waals surface area (Å²) in [5.41, 5.74) is 0. The van der Waals surface area contributed by atoms with Crippen LogP contribution in [-0.2, 0) is 10.0 Å². The molecule has 0 aliphatic heterocycles. The summed E-state index contributed by atoms with van der Waals surface area (Å²) in [6.07, 6.45) is 0.669. The summed E-state index contributed by atoms with van der Waals surface area (Å²) >= 11 is 0. The molecular formula is C10H25N3O2S. The fraction of sp³-hybridized carbons (Fsp3) is 1.00. The monoisotopic (exact) mass is 251 g/mol. The summed E-state index contributed by atoms with van der Waals surface area (Å²) in [4.78, 5) is 1.98. The van der Waals surface area contributed by atoms with Crippen LogP contribution in [0.4, 0.5) is 0 Å². The average Bonchev–Trinajstić information content (AvgIpc) is 2.20. The number of likely N-dealkylation sites (N-methyl/N-ethyl adjacent to an activating group) is 2. The van der Waals surface area contributed by atoms with Crippen LogP contribution in [0.3, 0.4) is 0 Å². The number of hydrogen-bond donors (Lipinski definition) is 1. The molecule has 16 heavy (non-hydrogen) atoms. The Balaban J connectivity index is 3.91. The molecule has 0 heterocycles. The zero-order valence-electron chi connectivity index (χ0n) is 10.9. The molecule has 0 atom stereocenters. The van der Waals surface area contributed by atoms with Gasteiger partial charge in [-0.05, 0) is 33.6 Å². The lowest BCUT2D eigenvalue weighted by Gasteiger charge is -2.19. The van der Waals surface area contributed by atoms with Crippen molar-refractivity contribution in [1.29, 1.82) is 0 Å². The van der Waals surface area contributed by atoms with Crippen molar-refractivity contribution in [2.75, 3.05) is 53.1 Å². The Morgan fingerprint density at radius 2 is 1.75 bits per heavy atom. The van der Waals surface area contributed by atoms with Gasteiger partial charge in [0.2, 0.25) is 10.0 Å². The Morgan fingerprint density at radius 3 is 2.25 bits per heavy atom. The van der Waals surface area contributed by atoms with E-state index in [-0.39, 0.29) is 5.75 Å². The van der Waals surface area contributed by atoms with Gasteiger partial charge in [0.15, 0.2) is 0 Å². The van der Waals surface area contributed by atoms with Gasteiger partial charge in [0, 0.05) is 20.1 Å². The normalized spacial score (nSPS) is 12.6. The van der Waals surface area contributed by atoms with Gasteiger partial charge in [-0.25, -0.2) is 12.7 Å². The van der Waals surface area contributed by atoms with E-state index in [1.54, 1.807) is 7.05 Å². The minimum atomic E-state index is -3.07. The summed E-state index contributed by atoms with van der Waals surface area (Å²) in [6, 6.07) is 0. The van der Waals surface area contributed by atoms with Gasteiger partial charge in [0.25, 0.3) is 0 Å². The fourth-order valence-electron chi connectivity index (χ4n) is 1.19. The van der Waals surface area contributed by atoms with Crippen LogP contribution in [0.25, 0.3) is 0 Å². The van der Waals surface area contributed by atoms with Crippen LogP contribution in [0.1, 0.15) is 13.3 Å². The van der Waals surface area contributed by atoms with Crippen molar-refractivity contribution >= 4 is 10.0 Å². The molecule has 0 fully saturated rings. The molecule has 0 saturated heterocycles. The van der Waals surface area contributed by atoms with Crippen molar-refractivity contribution < 1.29 is 8.42 Å². The predicted molar refractivity (Wildman–Crippen MR) is 68.1 cm³/mol. The highest BCUT2D eigenvalue weighted by atomic mass is 32.2. The number of nitrogens with one attached hydrogen (secondary N) is 1. The molecule has 0 rings (SSSR count). The Labute approximate surface area is 99.9 Å². The van der Waals surface area contributed by atoms with E-state index in [2.05, 4.69) is 5.32 Å². The van der Waals surface area contributed by atoms with Crippen LogP contribution in [0.15, 0.2) is 0 Å². The molecule has 0 amide bonds. The first-order chi connectivity index (χ1) is 7.40. The fourth-order valence-corrected chi connectivity index (χ4v) is 2.37. The minimum absolute atomic E-state index is 0.226. The topological polar surface area (TPSA) is 52.7 Å². The van der Waals surface area contributed by atoms with Crippen LogP contribution in [-0.4, -0.2) is 70.7 Å². The van der Waals surface area contributed by atoms with E-state index >= 15 is 0 Å². The molecule has 98 valence electrons. The predicted octanol–water partition coefficient (Wildman–Crippen LogP) is -0.191. The van der Waals surface area contributed by atoms with Gasteiger partial charge in [0.05, 0.1) is 5.75 Å². The van der Waals surface area contributed by atoms with Crippen LogP contribution in [0.2, 0.25) is 0 Å². The molecule has 0 aromatic carbocycles. The second kappa shape index (κ2) is 8.00. The first kappa shape index (κ1) is 15.8. The first-order valence-electron chi connectivity index (χ1n) is 5.69. The van der Waals surface area contributed by atoms with Gasteiger partial charge in [-0.2, -0.15) is 0 Å². The van der Waals surface area contributed by atoms with Gasteiger partial charge < -0.3 is 10.2 Å². The molecule has 0 saturated carbocycles. The van der Waals surface area contributed by atoms with Crippen molar-refractivity contribution in [2.45, 2.75) is 13.3 Å². The zero-order chi connectivity index (χ0) is 12.6. The SMILES string of the molecule is CCNCCCS(=O)(=O)N(C)CCN(C)C. The van der Waals surface area contributed by atoms with Crippen molar-refractivity contribution in [2.24, 2.45) is 0 Å². The van der Waals surface area contributed by atoms with Crippen LogP contribution in [0.5, 0.6) is 0 Å². The smallest absolute Gasteiger partial charge is 0.213 e. The second-order valence-corrected chi connectivity index (χ2v) is 6.34. The average molecular weight is 251 g/mol. The van der Waals surface area contributed by atoms with Gasteiger partial charge in [-0.1, -0.05) is 6.92 Å². The maximum absolute atomic E-state index is 11.8. The molecular weight excluding hydrogens is 226 g/mol. The third-order valence-corrected chi connectivity index (χ3v) is 4.28. The maximum Gasteiger partial charge on any atom is 0.213 e. The number of nitrogens with zero attached hydrogens (tertiary/aromatic N) is 2. The van der Waals surface area contributed by atoms with E-state index in [9.17, 15) is 8.42 Å². The Bertz CT molecular complexity index is 265. The Morgan fingerprint density at radius 1 is 1.12 bits per heavy atom. The third kappa shape index (κ3) is 7.16. The largest absolute Gasteiger partial charge is 0.317 e. The number of sulfonamides is 1. The van der Waals surface area contributed by atoms with Crippen molar-refractivity contribution in [3.63, 3.8) is 0 Å². The lowest BCUT2D eigenvalue weighted by molar-refractivity contribution is 0.358. The summed E-state index contributed by atoms with van der Waals surface area (Å²) < 4.78 is 25.0. The highest BCUT2D eigenvalue weighted by Gasteiger charge is 2.16. The summed E-state index contributed by atoms with van der Waals surface area (Å²) in [7, 11) is 2.45. The van der Waals surface area contributed by atoms with Gasteiger partial charge in [0.1, 0.15) is 0 Å². The summed E-state index contributed by atoms with van der Waals surface area (Å²) in [5.74, 6) is 0.226. The molecule has 1 N–H and O–H groups in total. The standard InChI is InChI=1S/C10H25N3O2S/c1-5-11-7-6-10-16(14,15)13(4)9-8-12(2)3/h11H,5-10H2,1-4H3. The summed E-state index contributed by atoms with van der Waals surface area (Å²) in [6.45, 7) is 4.96. The molecule has 0 aromatic heterocycles. The molecule has 0 radical (unpaired) electrons. The zero-order valence-corrected chi connectivity index (χ0v) is 11.7. The molecule has 0 bridgehead atoms.